The van der Waals surface area contributed by atoms with Crippen LogP contribution >= 0.6 is 11.8 Å². The Morgan fingerprint density at radius 1 is 1.21 bits per heavy atom. The molecule has 0 aliphatic heterocycles. The molecule has 29 heavy (non-hydrogen) atoms. The van der Waals surface area contributed by atoms with Crippen LogP contribution < -0.4 is 5.56 Å². The van der Waals surface area contributed by atoms with Crippen LogP contribution in [0.2, 0.25) is 0 Å². The maximum atomic E-state index is 13.4. The predicted octanol–water partition coefficient (Wildman–Crippen LogP) is 4.09. The molecule has 2 aromatic carbocycles. The number of unbranched alkanes of at least 4 members (excludes halogenated alkanes) is 1. The molecule has 3 aromatic rings. The van der Waals surface area contributed by atoms with Crippen LogP contribution in [0.4, 0.5) is 4.39 Å². The molecule has 1 aromatic heterocycles. The molecule has 0 atom stereocenters. The van der Waals surface area contributed by atoms with E-state index in [0.717, 1.165) is 18.4 Å². The minimum absolute atomic E-state index is 0.0767. The first-order valence-electron chi connectivity index (χ1n) is 9.60. The molecule has 0 saturated heterocycles. The van der Waals surface area contributed by atoms with Crippen molar-refractivity contribution in [2.45, 2.75) is 38.0 Å². The Hall–Kier alpha value is -2.67. The lowest BCUT2D eigenvalue weighted by Crippen LogP contribution is -2.29. The Bertz CT molecular complexity index is 1070. The number of hydrogen-bond acceptors (Lipinski definition) is 4. The third-order valence-electron chi connectivity index (χ3n) is 4.62. The molecule has 0 bridgehead atoms. The van der Waals surface area contributed by atoms with E-state index in [0.29, 0.717) is 29.1 Å². The molecule has 152 valence electrons. The second kappa shape index (κ2) is 9.69. The molecule has 0 saturated carbocycles. The predicted molar refractivity (Wildman–Crippen MR) is 115 cm³/mol. The van der Waals surface area contributed by atoms with Crippen molar-refractivity contribution in [2.75, 3.05) is 12.8 Å². The number of amides is 1. The zero-order chi connectivity index (χ0) is 20.8. The van der Waals surface area contributed by atoms with Crippen LogP contribution in [-0.2, 0) is 17.9 Å². The van der Waals surface area contributed by atoms with Crippen LogP contribution in [0.25, 0.3) is 10.9 Å². The normalized spacial score (nSPS) is 11.0. The fourth-order valence-electron chi connectivity index (χ4n) is 3.01. The van der Waals surface area contributed by atoms with Crippen LogP contribution in [0, 0.1) is 5.82 Å². The van der Waals surface area contributed by atoms with Crippen molar-refractivity contribution in [1.82, 2.24) is 14.5 Å². The summed E-state index contributed by atoms with van der Waals surface area (Å²) in [6.45, 7) is 2.96. The molecule has 0 unspecified atom stereocenters. The minimum Gasteiger partial charge on any atom is -0.341 e. The molecule has 5 nitrogen and oxygen atoms in total. The van der Waals surface area contributed by atoms with Gasteiger partial charge < -0.3 is 4.90 Å². The zero-order valence-electron chi connectivity index (χ0n) is 16.6. The number of carbonyl (C=O) groups excluding carboxylic acids is 1. The summed E-state index contributed by atoms with van der Waals surface area (Å²) in [7, 11) is 1.69. The largest absolute Gasteiger partial charge is 0.341 e. The van der Waals surface area contributed by atoms with Crippen molar-refractivity contribution in [2.24, 2.45) is 0 Å². The maximum absolute atomic E-state index is 13.4. The van der Waals surface area contributed by atoms with Gasteiger partial charge in [0.05, 0.1) is 16.7 Å². The Balaban J connectivity index is 1.76. The molecule has 0 spiro atoms. The average Bonchev–Trinajstić information content (AvgIpc) is 2.71. The highest BCUT2D eigenvalue weighted by Crippen LogP contribution is 2.19. The lowest BCUT2D eigenvalue weighted by Gasteiger charge is -2.18. The van der Waals surface area contributed by atoms with Crippen LogP contribution in [0.15, 0.2) is 58.5 Å². The molecule has 0 aliphatic carbocycles. The number of aromatic nitrogens is 2. The lowest BCUT2D eigenvalue weighted by molar-refractivity contribution is -0.127. The SMILES string of the molecule is CCCCn1c(SCC(=O)N(C)Cc2cccc(F)c2)nc2ccccc2c1=O. The van der Waals surface area contributed by atoms with Crippen LogP contribution in [0.3, 0.4) is 0 Å². The van der Waals surface area contributed by atoms with Crippen molar-refractivity contribution in [3.63, 3.8) is 0 Å². The topological polar surface area (TPSA) is 55.2 Å². The van der Waals surface area contributed by atoms with Gasteiger partial charge in [-0.05, 0) is 36.2 Å². The molecular weight excluding hydrogens is 389 g/mol. The van der Waals surface area contributed by atoms with E-state index in [-0.39, 0.29) is 23.0 Å². The zero-order valence-corrected chi connectivity index (χ0v) is 17.4. The highest BCUT2D eigenvalue weighted by molar-refractivity contribution is 7.99. The second-order valence-electron chi connectivity index (χ2n) is 6.89. The fraction of sp³-hybridized carbons (Fsp3) is 0.318. The summed E-state index contributed by atoms with van der Waals surface area (Å²) in [5.74, 6) is -0.273. The molecule has 0 radical (unpaired) electrons. The summed E-state index contributed by atoms with van der Waals surface area (Å²) in [4.78, 5) is 31.6. The standard InChI is InChI=1S/C22H24FN3O2S/c1-3-4-12-26-21(28)18-10-5-6-11-19(18)24-22(26)29-15-20(27)25(2)14-16-8-7-9-17(23)13-16/h5-11,13H,3-4,12,14-15H2,1-2H3. The molecular formula is C22H24FN3O2S. The van der Waals surface area contributed by atoms with Gasteiger partial charge in [0.15, 0.2) is 5.16 Å². The van der Waals surface area contributed by atoms with E-state index in [1.54, 1.807) is 34.7 Å². The minimum atomic E-state index is -0.321. The van der Waals surface area contributed by atoms with Gasteiger partial charge in [-0.1, -0.05) is 49.4 Å². The van der Waals surface area contributed by atoms with Gasteiger partial charge in [0, 0.05) is 20.1 Å². The Morgan fingerprint density at radius 3 is 2.76 bits per heavy atom. The third-order valence-corrected chi connectivity index (χ3v) is 5.58. The number of nitrogens with zero attached hydrogens (tertiary/aromatic N) is 3. The molecule has 1 heterocycles. The van der Waals surface area contributed by atoms with Crippen molar-refractivity contribution >= 4 is 28.6 Å². The smallest absolute Gasteiger partial charge is 0.262 e. The first-order valence-corrected chi connectivity index (χ1v) is 10.6. The van der Waals surface area contributed by atoms with E-state index < -0.39 is 0 Å². The van der Waals surface area contributed by atoms with Crippen molar-refractivity contribution in [3.05, 3.63) is 70.3 Å². The van der Waals surface area contributed by atoms with E-state index in [9.17, 15) is 14.0 Å². The number of carbonyl (C=O) groups is 1. The van der Waals surface area contributed by atoms with E-state index in [1.807, 2.05) is 18.2 Å². The maximum Gasteiger partial charge on any atom is 0.262 e. The van der Waals surface area contributed by atoms with E-state index in [2.05, 4.69) is 11.9 Å². The summed E-state index contributed by atoms with van der Waals surface area (Å²) < 4.78 is 15.0. The number of benzene rings is 2. The van der Waals surface area contributed by atoms with Crippen molar-refractivity contribution in [1.29, 1.82) is 0 Å². The Morgan fingerprint density at radius 2 is 2.00 bits per heavy atom. The van der Waals surface area contributed by atoms with E-state index >= 15 is 0 Å². The number of halogens is 1. The van der Waals surface area contributed by atoms with E-state index in [1.165, 1.54) is 23.9 Å². The van der Waals surface area contributed by atoms with Gasteiger partial charge in [-0.3, -0.25) is 14.2 Å². The summed E-state index contributed by atoms with van der Waals surface area (Å²) in [6.07, 6.45) is 1.82. The number of thioether (sulfide) groups is 1. The van der Waals surface area contributed by atoms with Gasteiger partial charge in [-0.25, -0.2) is 9.37 Å². The number of rotatable bonds is 8. The molecule has 3 rings (SSSR count). The second-order valence-corrected chi connectivity index (χ2v) is 7.83. The van der Waals surface area contributed by atoms with Crippen molar-refractivity contribution in [3.8, 4) is 0 Å². The first-order chi connectivity index (χ1) is 14.0. The van der Waals surface area contributed by atoms with Gasteiger partial charge in [0.2, 0.25) is 5.91 Å². The fourth-order valence-corrected chi connectivity index (χ4v) is 3.97. The quantitative estimate of drug-likeness (QED) is 0.412. The highest BCUT2D eigenvalue weighted by Gasteiger charge is 2.15. The van der Waals surface area contributed by atoms with Crippen LogP contribution in [-0.4, -0.2) is 33.2 Å². The van der Waals surface area contributed by atoms with Crippen molar-refractivity contribution < 1.29 is 9.18 Å². The third kappa shape index (κ3) is 5.23. The monoisotopic (exact) mass is 413 g/mol. The molecule has 0 fully saturated rings. The van der Waals surface area contributed by atoms with Crippen LogP contribution in [0.1, 0.15) is 25.3 Å². The summed E-state index contributed by atoms with van der Waals surface area (Å²) in [5.41, 5.74) is 1.29. The molecule has 0 N–H and O–H groups in total. The van der Waals surface area contributed by atoms with Gasteiger partial charge in [-0.15, -0.1) is 0 Å². The Kier molecular flexibility index (Phi) is 7.04. The Labute approximate surface area is 173 Å². The lowest BCUT2D eigenvalue weighted by atomic mass is 10.2. The summed E-state index contributed by atoms with van der Waals surface area (Å²) in [6, 6.07) is 13.5. The van der Waals surface area contributed by atoms with Gasteiger partial charge >= 0.3 is 0 Å². The summed E-state index contributed by atoms with van der Waals surface area (Å²) in [5, 5.41) is 1.14. The molecule has 1 amide bonds. The highest BCUT2D eigenvalue weighted by atomic mass is 32.2. The number of fused-ring (bicyclic) bond motifs is 1. The molecule has 0 aliphatic rings. The first kappa shape index (κ1) is 21.0. The van der Waals surface area contributed by atoms with Gasteiger partial charge in [0.1, 0.15) is 5.82 Å². The van der Waals surface area contributed by atoms with Crippen LogP contribution in [0.5, 0.6) is 0 Å². The number of hydrogen-bond donors (Lipinski definition) is 0. The van der Waals surface area contributed by atoms with Gasteiger partial charge in [0.25, 0.3) is 5.56 Å². The molecule has 7 heteroatoms. The van der Waals surface area contributed by atoms with E-state index in [4.69, 9.17) is 0 Å². The summed E-state index contributed by atoms with van der Waals surface area (Å²) >= 11 is 1.26. The number of para-hydroxylation sites is 1. The van der Waals surface area contributed by atoms with Gasteiger partial charge in [-0.2, -0.15) is 0 Å². The average molecular weight is 414 g/mol.